The summed E-state index contributed by atoms with van der Waals surface area (Å²) in [6.07, 6.45) is 2.34. The number of benzene rings is 4. The molecule has 6 atom stereocenters. The quantitative estimate of drug-likeness (QED) is 0.182. The second-order valence-corrected chi connectivity index (χ2v) is 13.7. The molecule has 8 rings (SSSR count). The molecule has 0 bridgehead atoms. The summed E-state index contributed by atoms with van der Waals surface area (Å²) in [6.45, 7) is 1.95. The lowest BCUT2D eigenvalue weighted by Crippen LogP contribution is -2.53. The molecule has 2 N–H and O–H groups in total. The highest BCUT2D eigenvalue weighted by Crippen LogP contribution is 2.66. The third-order valence-electron chi connectivity index (χ3n) is 11.2. The summed E-state index contributed by atoms with van der Waals surface area (Å²) in [5.74, 6) is -5.10. The lowest BCUT2D eigenvalue weighted by Gasteiger charge is -2.50. The van der Waals surface area contributed by atoms with Gasteiger partial charge < -0.3 is 14.6 Å². The number of nitrogens with one attached hydrogen (secondary N) is 1. The van der Waals surface area contributed by atoms with Crippen LogP contribution in [0.1, 0.15) is 35.4 Å². The number of methoxy groups -OCH3 is 2. The van der Waals surface area contributed by atoms with E-state index >= 15 is 4.79 Å². The molecule has 10 nitrogen and oxygen atoms in total. The van der Waals surface area contributed by atoms with E-state index in [2.05, 4.69) is 5.43 Å². The Morgan fingerprint density at radius 1 is 0.804 bits per heavy atom. The smallest absolute Gasteiger partial charge is 0.260 e. The number of hydrogen-bond acceptors (Lipinski definition) is 8. The van der Waals surface area contributed by atoms with Gasteiger partial charge in [0.2, 0.25) is 11.8 Å². The summed E-state index contributed by atoms with van der Waals surface area (Å²) in [7, 11) is 2.95. The number of allylic oxidation sites excluding steroid dienone is 2. The summed E-state index contributed by atoms with van der Waals surface area (Å²) >= 11 is 0. The van der Waals surface area contributed by atoms with Gasteiger partial charge in [0.1, 0.15) is 17.2 Å². The zero-order valence-electron chi connectivity index (χ0n) is 28.4. The van der Waals surface area contributed by atoms with Gasteiger partial charge in [0.25, 0.3) is 11.8 Å². The molecule has 0 radical (unpaired) electrons. The SMILES string of the molecule is COc1cc(O)c(C2C3=CCC4C(=O)N(c5ccccc5)C(=O)C4C3CC3C(=O)N(Nc4ccc(C)cc4)C(=O)C32c2ccccc2)c(OC)c1. The molecule has 4 aliphatic rings. The predicted molar refractivity (Wildman–Crippen MR) is 189 cm³/mol. The number of hydrogen-bond donors (Lipinski definition) is 2. The van der Waals surface area contributed by atoms with E-state index in [-0.39, 0.29) is 36.2 Å². The molecular formula is C41H37N3O7. The largest absolute Gasteiger partial charge is 0.507 e. The number of carbonyl (C=O) groups is 4. The van der Waals surface area contributed by atoms with Crippen molar-refractivity contribution in [2.24, 2.45) is 23.7 Å². The van der Waals surface area contributed by atoms with Crippen LogP contribution in [0.4, 0.5) is 11.4 Å². The van der Waals surface area contributed by atoms with E-state index in [1.165, 1.54) is 25.2 Å². The molecule has 3 fully saturated rings. The Bertz CT molecular complexity index is 2100. The Morgan fingerprint density at radius 2 is 1.49 bits per heavy atom. The Kier molecular flexibility index (Phi) is 7.70. The highest BCUT2D eigenvalue weighted by molar-refractivity contribution is 6.22. The van der Waals surface area contributed by atoms with Gasteiger partial charge in [-0.1, -0.05) is 77.9 Å². The highest BCUT2D eigenvalue weighted by atomic mass is 16.5. The monoisotopic (exact) mass is 683 g/mol. The Labute approximate surface area is 295 Å². The van der Waals surface area contributed by atoms with E-state index in [0.29, 0.717) is 33.8 Å². The first-order chi connectivity index (χ1) is 24.7. The fourth-order valence-electron chi connectivity index (χ4n) is 9.06. The number of phenols is 1. The number of ether oxygens (including phenoxy) is 2. The van der Waals surface area contributed by atoms with Crippen molar-refractivity contribution in [2.45, 2.75) is 31.1 Å². The molecule has 4 amide bonds. The third-order valence-corrected chi connectivity index (χ3v) is 11.2. The average Bonchev–Trinajstić information content (AvgIpc) is 3.53. The lowest BCUT2D eigenvalue weighted by atomic mass is 9.49. The summed E-state index contributed by atoms with van der Waals surface area (Å²) in [5, 5.41) is 13.0. The van der Waals surface area contributed by atoms with Gasteiger partial charge in [0.05, 0.1) is 48.8 Å². The number of aromatic hydroxyl groups is 1. The van der Waals surface area contributed by atoms with Crippen LogP contribution < -0.4 is 19.8 Å². The van der Waals surface area contributed by atoms with Gasteiger partial charge in [-0.25, -0.2) is 0 Å². The van der Waals surface area contributed by atoms with E-state index in [4.69, 9.17) is 9.47 Å². The Balaban J connectivity index is 1.36. The summed E-state index contributed by atoms with van der Waals surface area (Å²) in [6, 6.07) is 28.5. The van der Waals surface area contributed by atoms with Crippen molar-refractivity contribution in [1.82, 2.24) is 5.01 Å². The molecule has 0 aromatic heterocycles. The molecule has 0 spiro atoms. The molecule has 10 heteroatoms. The van der Waals surface area contributed by atoms with Crippen molar-refractivity contribution in [1.29, 1.82) is 0 Å². The molecule has 2 aliphatic carbocycles. The second-order valence-electron chi connectivity index (χ2n) is 13.7. The van der Waals surface area contributed by atoms with Gasteiger partial charge in [0.15, 0.2) is 0 Å². The molecule has 2 heterocycles. The molecule has 2 saturated heterocycles. The lowest BCUT2D eigenvalue weighted by molar-refractivity contribution is -0.138. The average molecular weight is 684 g/mol. The zero-order chi connectivity index (χ0) is 35.6. The number of fused-ring (bicyclic) bond motifs is 4. The highest BCUT2D eigenvalue weighted by Gasteiger charge is 2.71. The molecule has 4 aromatic carbocycles. The van der Waals surface area contributed by atoms with E-state index in [0.717, 1.165) is 10.6 Å². The maximum atomic E-state index is 15.4. The molecule has 258 valence electrons. The van der Waals surface area contributed by atoms with Crippen molar-refractivity contribution < 1.29 is 33.8 Å². The van der Waals surface area contributed by atoms with Crippen molar-refractivity contribution in [3.63, 3.8) is 0 Å². The fourth-order valence-corrected chi connectivity index (χ4v) is 9.06. The molecule has 51 heavy (non-hydrogen) atoms. The van der Waals surface area contributed by atoms with E-state index in [1.807, 2.05) is 61.5 Å². The van der Waals surface area contributed by atoms with Gasteiger partial charge in [-0.3, -0.25) is 29.5 Å². The normalized spacial score (nSPS) is 26.7. The van der Waals surface area contributed by atoms with Crippen LogP contribution in [0, 0.1) is 30.6 Å². The van der Waals surface area contributed by atoms with E-state index in [9.17, 15) is 19.5 Å². The Morgan fingerprint density at radius 3 is 2.16 bits per heavy atom. The van der Waals surface area contributed by atoms with Crippen molar-refractivity contribution in [3.05, 3.63) is 125 Å². The van der Waals surface area contributed by atoms with Gasteiger partial charge in [0, 0.05) is 23.6 Å². The number of imide groups is 2. The first kappa shape index (κ1) is 32.3. The summed E-state index contributed by atoms with van der Waals surface area (Å²) < 4.78 is 11.4. The number of amides is 4. The van der Waals surface area contributed by atoms with Crippen molar-refractivity contribution >= 4 is 35.0 Å². The molecule has 1 saturated carbocycles. The summed E-state index contributed by atoms with van der Waals surface area (Å²) in [5.41, 5.74) is 5.20. The fraction of sp³-hybridized carbons (Fsp3) is 0.268. The number of anilines is 2. The van der Waals surface area contributed by atoms with Gasteiger partial charge in [-0.05, 0) is 55.5 Å². The predicted octanol–water partition coefficient (Wildman–Crippen LogP) is 5.91. The van der Waals surface area contributed by atoms with E-state index < -0.39 is 46.8 Å². The van der Waals surface area contributed by atoms with Crippen LogP contribution in [0.5, 0.6) is 17.2 Å². The van der Waals surface area contributed by atoms with Gasteiger partial charge in [-0.2, -0.15) is 5.01 Å². The van der Waals surface area contributed by atoms with Crippen molar-refractivity contribution in [2.75, 3.05) is 24.5 Å². The number of para-hydroxylation sites is 1. The molecule has 6 unspecified atom stereocenters. The number of aryl methyl sites for hydroxylation is 1. The van der Waals surface area contributed by atoms with Gasteiger partial charge >= 0.3 is 0 Å². The minimum atomic E-state index is -1.56. The van der Waals surface area contributed by atoms with Crippen LogP contribution in [-0.2, 0) is 24.6 Å². The number of carbonyl (C=O) groups excluding carboxylic acids is 4. The number of phenolic OH excluding ortho intramolecular Hbond substituents is 1. The van der Waals surface area contributed by atoms with Gasteiger partial charge in [-0.15, -0.1) is 0 Å². The topological polar surface area (TPSA) is 125 Å². The second kappa shape index (κ2) is 12.2. The Hall–Kier alpha value is -5.90. The van der Waals surface area contributed by atoms with Crippen LogP contribution in [0.25, 0.3) is 0 Å². The third kappa shape index (κ3) is 4.69. The molecule has 2 aliphatic heterocycles. The van der Waals surface area contributed by atoms with E-state index in [1.54, 1.807) is 42.5 Å². The number of hydrazine groups is 1. The molecule has 4 aromatic rings. The minimum Gasteiger partial charge on any atom is -0.507 e. The van der Waals surface area contributed by atoms with Crippen LogP contribution >= 0.6 is 0 Å². The summed E-state index contributed by atoms with van der Waals surface area (Å²) in [4.78, 5) is 59.9. The zero-order valence-corrected chi connectivity index (χ0v) is 28.4. The standard InChI is InChI=1S/C41H37N3O7/c1-23-14-16-25(17-15-23)42-44-38(47)31-22-30-28(18-19-29-34(30)39(48)43(37(29)46)26-12-8-5-9-13-26)36(35-32(45)20-27(50-2)21-33(35)51-3)41(31,40(44)49)24-10-6-4-7-11-24/h4-18,20-21,29-31,34,36,42,45H,19,22H2,1-3H3. The maximum Gasteiger partial charge on any atom is 0.260 e. The maximum absolute atomic E-state index is 15.4. The van der Waals surface area contributed by atoms with Crippen LogP contribution in [0.15, 0.2) is 109 Å². The number of rotatable bonds is 7. The van der Waals surface area contributed by atoms with Crippen molar-refractivity contribution in [3.8, 4) is 17.2 Å². The van der Waals surface area contributed by atoms with Crippen LogP contribution in [0.3, 0.4) is 0 Å². The first-order valence-corrected chi connectivity index (χ1v) is 17.1. The van der Waals surface area contributed by atoms with Crippen LogP contribution in [-0.4, -0.2) is 48.0 Å². The first-order valence-electron chi connectivity index (χ1n) is 17.1. The molecular weight excluding hydrogens is 646 g/mol. The minimum absolute atomic E-state index is 0.135. The van der Waals surface area contributed by atoms with Crippen LogP contribution in [0.2, 0.25) is 0 Å². The number of nitrogens with zero attached hydrogens (tertiary/aromatic N) is 2.